The maximum absolute atomic E-state index is 13.9. The molecule has 3 aromatic rings. The van der Waals surface area contributed by atoms with Gasteiger partial charge < -0.3 is 24.8 Å². The number of nitrogens with one attached hydrogen (secondary N) is 1. The molecule has 1 unspecified atom stereocenters. The first-order valence-electron chi connectivity index (χ1n) is 12.6. The summed E-state index contributed by atoms with van der Waals surface area (Å²) in [4.78, 5) is 28.8. The Kier molecular flexibility index (Phi) is 9.22. The van der Waals surface area contributed by atoms with Crippen molar-refractivity contribution in [1.29, 1.82) is 5.26 Å². The van der Waals surface area contributed by atoms with Crippen LogP contribution in [0.15, 0.2) is 77.7 Å². The predicted molar refractivity (Wildman–Crippen MR) is 146 cm³/mol. The van der Waals surface area contributed by atoms with Gasteiger partial charge in [-0.1, -0.05) is 48.5 Å². The Labute approximate surface area is 236 Å². The number of aliphatic hydroxyl groups excluding tert-OH is 1. The van der Waals surface area contributed by atoms with Crippen LogP contribution in [0.1, 0.15) is 25.6 Å². The standard InChI is InChI=1S/C27H30N5O8P/c1-18(24(34)37-15-19-9-5-3-6-10-19)31-41(36,40-20-11-7-4-8-12-20)38-16-21-23(33)27(2,17-28)25(39-21)32-14-13-22(29)30-26(32)35/h3-14,18,21,23,25,33H,15-16H2,1-2H3,(H,31,36)(H2,29,30,35)/t18-,21+,23+,25+,27+,41?/m0/s1. The molecule has 6 atom stereocenters. The summed E-state index contributed by atoms with van der Waals surface area (Å²) in [5.74, 6) is -0.552. The maximum atomic E-state index is 13.9. The number of anilines is 1. The second kappa shape index (κ2) is 12.6. The minimum Gasteiger partial charge on any atom is -0.460 e. The van der Waals surface area contributed by atoms with Crippen molar-refractivity contribution < 1.29 is 33.0 Å². The molecule has 0 bridgehead atoms. The lowest BCUT2D eigenvalue weighted by Crippen LogP contribution is -2.40. The van der Waals surface area contributed by atoms with E-state index in [0.29, 0.717) is 0 Å². The minimum atomic E-state index is -4.31. The fourth-order valence-corrected chi connectivity index (χ4v) is 5.65. The van der Waals surface area contributed by atoms with Gasteiger partial charge in [-0.3, -0.25) is 13.9 Å². The van der Waals surface area contributed by atoms with E-state index in [9.17, 15) is 24.5 Å². The molecule has 41 heavy (non-hydrogen) atoms. The molecule has 13 nitrogen and oxygen atoms in total. The summed E-state index contributed by atoms with van der Waals surface area (Å²) >= 11 is 0. The zero-order valence-electron chi connectivity index (χ0n) is 22.3. The highest BCUT2D eigenvalue weighted by atomic mass is 31.2. The van der Waals surface area contributed by atoms with Crippen molar-refractivity contribution in [2.45, 2.75) is 44.9 Å². The van der Waals surface area contributed by atoms with Gasteiger partial charge in [-0.25, -0.2) is 9.36 Å². The van der Waals surface area contributed by atoms with Crippen LogP contribution in [0.5, 0.6) is 5.75 Å². The van der Waals surface area contributed by atoms with Crippen molar-refractivity contribution in [2.75, 3.05) is 12.3 Å². The van der Waals surface area contributed by atoms with E-state index in [2.05, 4.69) is 10.1 Å². The Morgan fingerprint density at radius 1 is 1.24 bits per heavy atom. The highest BCUT2D eigenvalue weighted by Crippen LogP contribution is 2.48. The molecular formula is C27H30N5O8P. The van der Waals surface area contributed by atoms with Crippen molar-refractivity contribution in [3.8, 4) is 11.8 Å². The molecule has 0 aliphatic carbocycles. The highest BCUT2D eigenvalue weighted by Gasteiger charge is 2.55. The molecule has 0 amide bonds. The summed E-state index contributed by atoms with van der Waals surface area (Å²) in [6, 6.07) is 19.4. The molecule has 4 rings (SSSR count). The first kappa shape index (κ1) is 29.9. The molecule has 1 aromatic heterocycles. The number of nitrogen functional groups attached to an aromatic ring is 1. The average Bonchev–Trinajstić information content (AvgIpc) is 3.21. The Bertz CT molecular complexity index is 1500. The molecule has 14 heteroatoms. The van der Waals surface area contributed by atoms with Crippen molar-refractivity contribution in [3.63, 3.8) is 0 Å². The number of ether oxygens (including phenoxy) is 2. The zero-order valence-corrected chi connectivity index (χ0v) is 23.2. The molecule has 1 aliphatic rings. The fraction of sp³-hybridized carbons (Fsp3) is 0.333. The fourth-order valence-electron chi connectivity index (χ4n) is 4.15. The summed E-state index contributed by atoms with van der Waals surface area (Å²) in [5.41, 5.74) is 3.94. The highest BCUT2D eigenvalue weighted by molar-refractivity contribution is 7.52. The van der Waals surface area contributed by atoms with E-state index < -0.39 is 55.9 Å². The van der Waals surface area contributed by atoms with Gasteiger partial charge in [0.15, 0.2) is 6.23 Å². The van der Waals surface area contributed by atoms with Gasteiger partial charge in [0.05, 0.1) is 12.7 Å². The molecule has 1 saturated heterocycles. The molecule has 0 radical (unpaired) electrons. The van der Waals surface area contributed by atoms with E-state index in [0.717, 1.165) is 10.1 Å². The van der Waals surface area contributed by atoms with Crippen LogP contribution in [0.2, 0.25) is 0 Å². The van der Waals surface area contributed by atoms with Gasteiger partial charge in [0.25, 0.3) is 0 Å². The summed E-state index contributed by atoms with van der Waals surface area (Å²) in [7, 11) is -4.31. The summed E-state index contributed by atoms with van der Waals surface area (Å²) in [6.45, 7) is 2.32. The molecule has 0 saturated carbocycles. The van der Waals surface area contributed by atoms with E-state index >= 15 is 0 Å². The third-order valence-corrected chi connectivity index (χ3v) is 8.08. The number of carbonyl (C=O) groups is 1. The Hall–Kier alpha value is -4.05. The quantitative estimate of drug-likeness (QED) is 0.221. The van der Waals surface area contributed by atoms with Gasteiger partial charge in [-0.15, -0.1) is 0 Å². The largest absolute Gasteiger partial charge is 0.460 e. The molecule has 216 valence electrons. The molecular weight excluding hydrogens is 553 g/mol. The Balaban J connectivity index is 1.50. The summed E-state index contributed by atoms with van der Waals surface area (Å²) in [6.07, 6.45) is -2.65. The third kappa shape index (κ3) is 7.00. The lowest BCUT2D eigenvalue weighted by molar-refractivity contribution is -0.146. The van der Waals surface area contributed by atoms with Gasteiger partial charge in [0.2, 0.25) is 0 Å². The number of para-hydroxylation sites is 1. The molecule has 2 aromatic carbocycles. The number of hydrogen-bond donors (Lipinski definition) is 3. The zero-order chi connectivity index (χ0) is 29.6. The SMILES string of the molecule is C[C@H](NP(=O)(OC[C@H]1O[C@@H](n2ccc(N)nc2=O)[C@](C)(C#N)[C@@H]1O)Oc1ccccc1)C(=O)OCc1ccccc1. The molecule has 2 heterocycles. The van der Waals surface area contributed by atoms with Crippen molar-refractivity contribution in [1.82, 2.24) is 14.6 Å². The van der Waals surface area contributed by atoms with Crippen LogP contribution in [0.3, 0.4) is 0 Å². The van der Waals surface area contributed by atoms with Crippen LogP contribution >= 0.6 is 7.75 Å². The average molecular weight is 584 g/mol. The topological polar surface area (TPSA) is 188 Å². The second-order valence-corrected chi connectivity index (χ2v) is 11.2. The summed E-state index contributed by atoms with van der Waals surface area (Å²) in [5, 5.41) is 23.5. The second-order valence-electron chi connectivity index (χ2n) is 9.55. The number of carbonyl (C=O) groups excluding carboxylic acids is 1. The van der Waals surface area contributed by atoms with Gasteiger partial charge in [0, 0.05) is 6.20 Å². The lowest BCUT2D eigenvalue weighted by atomic mass is 9.84. The number of nitriles is 1. The number of esters is 1. The lowest BCUT2D eigenvalue weighted by Gasteiger charge is -2.26. The van der Waals surface area contributed by atoms with Gasteiger partial charge in [-0.05, 0) is 37.6 Å². The van der Waals surface area contributed by atoms with Crippen LogP contribution in [0.25, 0.3) is 0 Å². The first-order valence-corrected chi connectivity index (χ1v) is 14.2. The first-order chi connectivity index (χ1) is 19.5. The number of nitrogens with zero attached hydrogens (tertiary/aromatic N) is 3. The van der Waals surface area contributed by atoms with Gasteiger partial charge in [-0.2, -0.15) is 15.3 Å². The van der Waals surface area contributed by atoms with Crippen molar-refractivity contribution in [2.24, 2.45) is 5.41 Å². The third-order valence-electron chi connectivity index (χ3n) is 6.44. The Morgan fingerprint density at radius 2 is 1.90 bits per heavy atom. The normalized spacial score (nSPS) is 24.1. The van der Waals surface area contributed by atoms with Gasteiger partial charge >= 0.3 is 19.4 Å². The number of rotatable bonds is 11. The number of aliphatic hydroxyl groups is 1. The number of benzene rings is 2. The van der Waals surface area contributed by atoms with Crippen LogP contribution in [-0.4, -0.2) is 45.5 Å². The molecule has 4 N–H and O–H groups in total. The van der Waals surface area contributed by atoms with Crippen molar-refractivity contribution in [3.05, 3.63) is 89.0 Å². The maximum Gasteiger partial charge on any atom is 0.459 e. The predicted octanol–water partition coefficient (Wildman–Crippen LogP) is 2.54. The van der Waals surface area contributed by atoms with Crippen LogP contribution in [0, 0.1) is 16.7 Å². The van der Waals surface area contributed by atoms with Crippen LogP contribution < -0.4 is 21.0 Å². The molecule has 1 aliphatic heterocycles. The van der Waals surface area contributed by atoms with Crippen LogP contribution in [-0.2, 0) is 30.0 Å². The number of nitrogens with two attached hydrogens (primary N) is 1. The summed E-state index contributed by atoms with van der Waals surface area (Å²) < 4.78 is 37.4. The van der Waals surface area contributed by atoms with Crippen LogP contribution in [0.4, 0.5) is 5.82 Å². The smallest absolute Gasteiger partial charge is 0.459 e. The molecule has 1 fully saturated rings. The minimum absolute atomic E-state index is 0.00595. The van der Waals surface area contributed by atoms with E-state index in [-0.39, 0.29) is 18.2 Å². The number of aromatic nitrogens is 2. The van der Waals surface area contributed by atoms with E-state index in [1.807, 2.05) is 24.3 Å². The van der Waals surface area contributed by atoms with E-state index in [1.165, 1.54) is 26.1 Å². The van der Waals surface area contributed by atoms with E-state index in [1.54, 1.807) is 42.5 Å². The monoisotopic (exact) mass is 583 g/mol. The van der Waals surface area contributed by atoms with E-state index in [4.69, 9.17) is 24.3 Å². The van der Waals surface area contributed by atoms with Gasteiger partial charge in [0.1, 0.15) is 41.8 Å². The van der Waals surface area contributed by atoms with Crippen molar-refractivity contribution >= 4 is 19.5 Å². The number of hydrogen-bond acceptors (Lipinski definition) is 11. The molecule has 0 spiro atoms. The Morgan fingerprint density at radius 3 is 2.54 bits per heavy atom.